The monoisotopic (exact) mass is 417 g/mol. The van der Waals surface area contributed by atoms with Crippen LogP contribution in [0.25, 0.3) is 0 Å². The minimum Gasteiger partial charge on any atom is -0.462 e. The first-order valence-electron chi connectivity index (χ1n) is 9.16. The zero-order valence-electron chi connectivity index (χ0n) is 17.3. The summed E-state index contributed by atoms with van der Waals surface area (Å²) in [5.41, 5.74) is -0.673. The van der Waals surface area contributed by atoms with Crippen LogP contribution in [0.4, 0.5) is 4.79 Å². The highest BCUT2D eigenvalue weighted by Crippen LogP contribution is 2.45. The van der Waals surface area contributed by atoms with E-state index >= 15 is 0 Å². The van der Waals surface area contributed by atoms with Crippen LogP contribution in [-0.4, -0.2) is 45.9 Å². The maximum Gasteiger partial charge on any atom is 0.408 e. The van der Waals surface area contributed by atoms with Crippen molar-refractivity contribution in [3.63, 3.8) is 0 Å². The minimum atomic E-state index is -0.794. The Morgan fingerprint density at radius 2 is 1.93 bits per heavy atom. The van der Waals surface area contributed by atoms with Crippen LogP contribution >= 0.6 is 23.5 Å². The zero-order valence-corrected chi connectivity index (χ0v) is 18.9. The van der Waals surface area contributed by atoms with E-state index in [-0.39, 0.29) is 17.0 Å². The molecule has 0 saturated carbocycles. The number of ether oxygens (including phenoxy) is 2. The van der Waals surface area contributed by atoms with Crippen LogP contribution in [0.2, 0.25) is 0 Å². The van der Waals surface area contributed by atoms with E-state index in [0.29, 0.717) is 17.1 Å². The molecule has 1 N–H and O–H groups in total. The SMILES string of the molecule is CCCC(SC(C)=O)C1=C(C(=O)OCC)SCC1(C)NC(=O)OC(C)(C)C. The van der Waals surface area contributed by atoms with E-state index in [1.54, 1.807) is 27.7 Å². The van der Waals surface area contributed by atoms with Gasteiger partial charge < -0.3 is 14.8 Å². The summed E-state index contributed by atoms with van der Waals surface area (Å²) in [5.74, 6) is 0.0754. The van der Waals surface area contributed by atoms with Gasteiger partial charge in [0.15, 0.2) is 5.12 Å². The average Bonchev–Trinajstić information content (AvgIpc) is 2.81. The van der Waals surface area contributed by atoms with E-state index in [4.69, 9.17) is 9.47 Å². The van der Waals surface area contributed by atoms with Gasteiger partial charge in [-0.3, -0.25) is 4.79 Å². The van der Waals surface area contributed by atoms with E-state index in [1.807, 2.05) is 13.8 Å². The molecular formula is C19H31NO5S2. The summed E-state index contributed by atoms with van der Waals surface area (Å²) in [6.07, 6.45) is 1.02. The number of nitrogens with one attached hydrogen (secondary N) is 1. The van der Waals surface area contributed by atoms with Crippen molar-refractivity contribution in [1.29, 1.82) is 0 Å². The fraction of sp³-hybridized carbons (Fsp3) is 0.737. The summed E-state index contributed by atoms with van der Waals surface area (Å²) >= 11 is 2.55. The standard InChI is InChI=1S/C19H31NO5S2/c1-8-10-13(27-12(3)21)14-15(16(22)24-9-2)26-11-19(14,7)20-17(23)25-18(4,5)6/h13H,8-11H2,1-7H3,(H,20,23). The van der Waals surface area contributed by atoms with Crippen molar-refractivity contribution in [2.45, 2.75) is 77.7 Å². The molecule has 0 aromatic heterocycles. The van der Waals surface area contributed by atoms with Crippen molar-refractivity contribution in [3.8, 4) is 0 Å². The van der Waals surface area contributed by atoms with Gasteiger partial charge in [0.2, 0.25) is 0 Å². The topological polar surface area (TPSA) is 81.7 Å². The van der Waals surface area contributed by atoms with Gasteiger partial charge in [0, 0.05) is 17.9 Å². The number of alkyl carbamates (subject to hydrolysis) is 1. The average molecular weight is 418 g/mol. The van der Waals surface area contributed by atoms with Crippen LogP contribution in [0.1, 0.15) is 61.3 Å². The second kappa shape index (κ2) is 9.87. The largest absolute Gasteiger partial charge is 0.462 e. The van der Waals surface area contributed by atoms with Crippen molar-refractivity contribution in [2.24, 2.45) is 0 Å². The third-order valence-electron chi connectivity index (χ3n) is 3.76. The first-order valence-corrected chi connectivity index (χ1v) is 11.0. The van der Waals surface area contributed by atoms with Gasteiger partial charge in [0.25, 0.3) is 0 Å². The van der Waals surface area contributed by atoms with Gasteiger partial charge in [0.05, 0.1) is 17.1 Å². The molecule has 0 aromatic rings. The summed E-state index contributed by atoms with van der Waals surface area (Å²) in [7, 11) is 0. The Morgan fingerprint density at radius 3 is 2.41 bits per heavy atom. The molecule has 154 valence electrons. The van der Waals surface area contributed by atoms with Crippen LogP contribution in [0.3, 0.4) is 0 Å². The van der Waals surface area contributed by atoms with Crippen LogP contribution in [-0.2, 0) is 19.1 Å². The molecule has 1 aliphatic rings. The first kappa shape index (κ1) is 23.9. The van der Waals surface area contributed by atoms with E-state index < -0.39 is 23.2 Å². The Labute approximate surface area is 170 Å². The van der Waals surface area contributed by atoms with E-state index in [0.717, 1.165) is 12.0 Å². The summed E-state index contributed by atoms with van der Waals surface area (Å²) in [6.45, 7) is 12.8. The maximum atomic E-state index is 12.5. The third kappa shape index (κ3) is 7.07. The van der Waals surface area contributed by atoms with Gasteiger partial charge in [-0.1, -0.05) is 25.1 Å². The van der Waals surface area contributed by atoms with Crippen molar-refractivity contribution in [3.05, 3.63) is 10.5 Å². The van der Waals surface area contributed by atoms with E-state index in [2.05, 4.69) is 5.32 Å². The summed E-state index contributed by atoms with van der Waals surface area (Å²) in [5, 5.41) is 2.69. The van der Waals surface area contributed by atoms with Gasteiger partial charge >= 0.3 is 12.1 Å². The maximum absolute atomic E-state index is 12.5. The summed E-state index contributed by atoms with van der Waals surface area (Å²) in [4.78, 5) is 37.2. The van der Waals surface area contributed by atoms with Crippen LogP contribution < -0.4 is 5.32 Å². The lowest BCUT2D eigenvalue weighted by Crippen LogP contribution is -2.51. The molecule has 6 nitrogen and oxygen atoms in total. The quantitative estimate of drug-likeness (QED) is 0.619. The number of rotatable bonds is 7. The second-order valence-corrected chi connectivity index (χ2v) is 9.96. The molecule has 1 amide bonds. The molecule has 27 heavy (non-hydrogen) atoms. The molecule has 2 unspecified atom stereocenters. The Balaban J connectivity index is 3.29. The van der Waals surface area contributed by atoms with Gasteiger partial charge in [-0.25, -0.2) is 9.59 Å². The normalized spacial score (nSPS) is 21.0. The van der Waals surface area contributed by atoms with Gasteiger partial charge in [-0.05, 0) is 46.6 Å². The molecule has 1 heterocycles. The Hall–Kier alpha value is -1.15. The molecule has 0 fully saturated rings. The highest BCUT2D eigenvalue weighted by molar-refractivity contribution is 8.14. The Bertz CT molecular complexity index is 612. The number of thioether (sulfide) groups is 2. The fourth-order valence-corrected chi connectivity index (χ4v) is 5.53. The number of amides is 1. The van der Waals surface area contributed by atoms with Crippen molar-refractivity contribution >= 4 is 40.7 Å². The van der Waals surface area contributed by atoms with Gasteiger partial charge in [-0.2, -0.15) is 0 Å². The molecule has 0 aliphatic carbocycles. The molecule has 0 aromatic carbocycles. The lowest BCUT2D eigenvalue weighted by Gasteiger charge is -2.33. The van der Waals surface area contributed by atoms with Crippen LogP contribution in [0, 0.1) is 0 Å². The Morgan fingerprint density at radius 1 is 1.30 bits per heavy atom. The zero-order chi connectivity index (χ0) is 20.8. The number of carbonyl (C=O) groups excluding carboxylic acids is 3. The number of carbonyl (C=O) groups is 3. The highest BCUT2D eigenvalue weighted by Gasteiger charge is 2.45. The number of hydrogen-bond acceptors (Lipinski definition) is 7. The van der Waals surface area contributed by atoms with Gasteiger partial charge in [-0.15, -0.1) is 11.8 Å². The molecule has 1 rings (SSSR count). The fourth-order valence-electron chi connectivity index (χ4n) is 2.85. The molecule has 0 radical (unpaired) electrons. The lowest BCUT2D eigenvalue weighted by molar-refractivity contribution is -0.137. The van der Waals surface area contributed by atoms with Crippen LogP contribution in [0.15, 0.2) is 10.5 Å². The molecule has 8 heteroatoms. The smallest absolute Gasteiger partial charge is 0.408 e. The van der Waals surface area contributed by atoms with Crippen molar-refractivity contribution < 1.29 is 23.9 Å². The lowest BCUT2D eigenvalue weighted by atomic mass is 9.89. The first-order chi connectivity index (χ1) is 12.4. The molecule has 0 bridgehead atoms. The predicted octanol–water partition coefficient (Wildman–Crippen LogP) is 4.28. The number of esters is 1. The van der Waals surface area contributed by atoms with E-state index in [1.165, 1.54) is 30.4 Å². The summed E-state index contributed by atoms with van der Waals surface area (Å²) < 4.78 is 10.6. The second-order valence-electron chi connectivity index (χ2n) is 7.60. The minimum absolute atomic E-state index is 0.0272. The Kier molecular flexibility index (Phi) is 8.73. The van der Waals surface area contributed by atoms with Crippen molar-refractivity contribution in [1.82, 2.24) is 5.32 Å². The van der Waals surface area contributed by atoms with Crippen LogP contribution in [0.5, 0.6) is 0 Å². The molecular weight excluding hydrogens is 386 g/mol. The molecule has 1 aliphatic heterocycles. The molecule has 0 spiro atoms. The van der Waals surface area contributed by atoms with E-state index in [9.17, 15) is 14.4 Å². The predicted molar refractivity (Wildman–Crippen MR) is 111 cm³/mol. The highest BCUT2D eigenvalue weighted by atomic mass is 32.2. The number of hydrogen-bond donors (Lipinski definition) is 1. The summed E-state index contributed by atoms with van der Waals surface area (Å²) in [6, 6.07) is 0. The van der Waals surface area contributed by atoms with Gasteiger partial charge in [0.1, 0.15) is 5.60 Å². The van der Waals surface area contributed by atoms with Crippen molar-refractivity contribution in [2.75, 3.05) is 12.4 Å². The molecule has 2 atom stereocenters. The third-order valence-corrected chi connectivity index (χ3v) is 6.25. The molecule has 0 saturated heterocycles.